The Labute approximate surface area is 169 Å². The summed E-state index contributed by atoms with van der Waals surface area (Å²) in [5.41, 5.74) is 6.17. The minimum atomic E-state index is -1.22. The summed E-state index contributed by atoms with van der Waals surface area (Å²) in [5.74, 6) is -3.77. The molecule has 2 aromatic carbocycles. The van der Waals surface area contributed by atoms with E-state index in [-0.39, 0.29) is 29.9 Å². The molecule has 0 bridgehead atoms. The molecule has 1 saturated heterocycles. The maximum atomic E-state index is 14.4. The summed E-state index contributed by atoms with van der Waals surface area (Å²) in [7, 11) is 1.15. The van der Waals surface area contributed by atoms with Crippen LogP contribution < -0.4 is 15.8 Å². The average molecular weight is 420 g/mol. The molecule has 1 aliphatic rings. The lowest BCUT2D eigenvalue weighted by atomic mass is 10.1. The number of hydrogen-bond donors (Lipinski definition) is 2. The molecule has 2 aromatic rings. The summed E-state index contributed by atoms with van der Waals surface area (Å²) in [5, 5.41) is 2.03. The van der Waals surface area contributed by atoms with Crippen LogP contribution in [0.4, 0.5) is 13.6 Å². The predicted molar refractivity (Wildman–Crippen MR) is 98.7 cm³/mol. The van der Waals surface area contributed by atoms with Gasteiger partial charge in [-0.25, -0.2) is 9.18 Å². The highest BCUT2D eigenvalue weighted by Gasteiger charge is 2.32. The Morgan fingerprint density at radius 3 is 2.47 bits per heavy atom. The molecule has 1 fully saturated rings. The fourth-order valence-electron chi connectivity index (χ4n) is 2.84. The van der Waals surface area contributed by atoms with Crippen molar-refractivity contribution in [3.05, 3.63) is 59.2 Å². The zero-order valence-electron chi connectivity index (χ0n) is 15.8. The Bertz CT molecular complexity index is 980. The van der Waals surface area contributed by atoms with Crippen molar-refractivity contribution in [3.63, 3.8) is 0 Å². The number of carbonyl (C=O) groups excluding carboxylic acids is 3. The van der Waals surface area contributed by atoms with E-state index in [2.05, 4.69) is 4.74 Å². The van der Waals surface area contributed by atoms with Crippen LogP contribution in [0, 0.1) is 11.6 Å². The summed E-state index contributed by atoms with van der Waals surface area (Å²) < 4.78 is 43.4. The van der Waals surface area contributed by atoms with Gasteiger partial charge in [-0.2, -0.15) is 4.39 Å². The number of halogens is 2. The first-order valence-corrected chi connectivity index (χ1v) is 8.87. The van der Waals surface area contributed by atoms with E-state index >= 15 is 0 Å². The summed E-state index contributed by atoms with van der Waals surface area (Å²) >= 11 is 0. The number of rotatable bonds is 7. The molecular weight excluding hydrogens is 402 g/mol. The molecule has 0 spiro atoms. The largest absolute Gasteiger partial charge is 0.468 e. The van der Waals surface area contributed by atoms with Crippen LogP contribution in [0.5, 0.6) is 11.5 Å². The fourth-order valence-corrected chi connectivity index (χ4v) is 2.84. The van der Waals surface area contributed by atoms with Gasteiger partial charge in [0.15, 0.2) is 17.7 Å². The van der Waals surface area contributed by atoms with Crippen LogP contribution in [-0.4, -0.2) is 37.2 Å². The Morgan fingerprint density at radius 1 is 1.17 bits per heavy atom. The first-order valence-electron chi connectivity index (χ1n) is 8.87. The molecular formula is C20H18F2N2O6. The topological polar surface area (TPSA) is 117 Å². The number of carbonyl (C=O) groups is 3. The van der Waals surface area contributed by atoms with Crippen LogP contribution in [0.3, 0.4) is 0 Å². The van der Waals surface area contributed by atoms with Gasteiger partial charge in [0, 0.05) is 12.8 Å². The van der Waals surface area contributed by atoms with Gasteiger partial charge in [-0.3, -0.25) is 14.9 Å². The maximum Gasteiger partial charge on any atom is 0.414 e. The molecule has 3 rings (SSSR count). The normalized spacial score (nSPS) is 16.6. The smallest absolute Gasteiger partial charge is 0.414 e. The lowest BCUT2D eigenvalue weighted by molar-refractivity contribution is -0.142. The molecule has 8 nitrogen and oxygen atoms in total. The lowest BCUT2D eigenvalue weighted by Crippen LogP contribution is -2.34. The first kappa shape index (κ1) is 21.2. The number of cyclic esters (lactones) is 1. The van der Waals surface area contributed by atoms with E-state index in [9.17, 15) is 23.2 Å². The third-order valence-corrected chi connectivity index (χ3v) is 4.41. The lowest BCUT2D eigenvalue weighted by Gasteiger charge is -2.13. The van der Waals surface area contributed by atoms with Crippen molar-refractivity contribution in [3.8, 4) is 11.5 Å². The summed E-state index contributed by atoms with van der Waals surface area (Å²) in [4.78, 5) is 33.9. The molecule has 1 heterocycles. The number of nitrogens with two attached hydrogens (primary N) is 1. The van der Waals surface area contributed by atoms with E-state index < -0.39 is 41.7 Å². The highest BCUT2D eigenvalue weighted by molar-refractivity contribution is 6.00. The molecule has 2 atom stereocenters. The van der Waals surface area contributed by atoms with Crippen molar-refractivity contribution in [2.45, 2.75) is 25.0 Å². The molecule has 10 heteroatoms. The number of hydrogen-bond acceptors (Lipinski definition) is 7. The van der Waals surface area contributed by atoms with Crippen LogP contribution in [0.15, 0.2) is 36.4 Å². The molecule has 0 saturated carbocycles. The number of methoxy groups -OCH3 is 1. The van der Waals surface area contributed by atoms with E-state index in [0.29, 0.717) is 5.56 Å². The molecule has 0 aromatic heterocycles. The van der Waals surface area contributed by atoms with Crippen LogP contribution in [0.2, 0.25) is 0 Å². The Morgan fingerprint density at radius 2 is 1.87 bits per heavy atom. The van der Waals surface area contributed by atoms with Crippen molar-refractivity contribution in [2.24, 2.45) is 5.73 Å². The van der Waals surface area contributed by atoms with E-state index in [1.807, 2.05) is 5.32 Å². The molecule has 2 amide bonds. The zero-order chi connectivity index (χ0) is 21.8. The molecule has 30 heavy (non-hydrogen) atoms. The van der Waals surface area contributed by atoms with Crippen molar-refractivity contribution < 1.29 is 37.4 Å². The third-order valence-electron chi connectivity index (χ3n) is 4.41. The van der Waals surface area contributed by atoms with Gasteiger partial charge in [0.1, 0.15) is 11.8 Å². The molecule has 3 N–H and O–H groups in total. The number of esters is 1. The Hall–Kier alpha value is -3.53. The number of nitrogens with one attached hydrogen (secondary N) is 1. The Kier molecular flexibility index (Phi) is 6.26. The standard InChI is InChI=1S/C20H18F2N2O6/c1-28-19(26)13(23)9-11-4-7-14(17(22)16(11)21)29-12-5-2-10(3-6-12)8-15-18(25)24-20(27)30-15/h2-7,13,15H,8-9,23H2,1H3,(H,24,25,27). The van der Waals surface area contributed by atoms with Gasteiger partial charge in [-0.1, -0.05) is 18.2 Å². The molecule has 2 unspecified atom stereocenters. The number of benzene rings is 2. The Balaban J connectivity index is 1.67. The minimum absolute atomic E-state index is 0.0857. The predicted octanol–water partition coefficient (Wildman–Crippen LogP) is 1.98. The molecule has 158 valence electrons. The van der Waals surface area contributed by atoms with E-state index in [0.717, 1.165) is 7.11 Å². The number of ether oxygens (including phenoxy) is 3. The number of alkyl carbamates (subject to hydrolysis) is 1. The van der Waals surface area contributed by atoms with Crippen molar-refractivity contribution in [1.29, 1.82) is 0 Å². The van der Waals surface area contributed by atoms with Crippen LogP contribution >= 0.6 is 0 Å². The van der Waals surface area contributed by atoms with Crippen molar-refractivity contribution in [1.82, 2.24) is 5.32 Å². The quantitative estimate of drug-likeness (QED) is 0.658. The van der Waals surface area contributed by atoms with Gasteiger partial charge in [0.05, 0.1) is 7.11 Å². The van der Waals surface area contributed by atoms with Gasteiger partial charge in [0.2, 0.25) is 5.82 Å². The first-order chi connectivity index (χ1) is 14.3. The van der Waals surface area contributed by atoms with Gasteiger partial charge >= 0.3 is 12.1 Å². The van der Waals surface area contributed by atoms with E-state index in [1.165, 1.54) is 24.3 Å². The van der Waals surface area contributed by atoms with Crippen LogP contribution in [0.1, 0.15) is 11.1 Å². The molecule has 0 aliphatic carbocycles. The number of imide groups is 1. The van der Waals surface area contributed by atoms with E-state index in [1.54, 1.807) is 12.1 Å². The van der Waals surface area contributed by atoms with Gasteiger partial charge < -0.3 is 19.9 Å². The maximum absolute atomic E-state index is 14.4. The third kappa shape index (κ3) is 4.71. The second kappa shape index (κ2) is 8.87. The highest BCUT2D eigenvalue weighted by atomic mass is 19.2. The fraction of sp³-hybridized carbons (Fsp3) is 0.250. The van der Waals surface area contributed by atoms with Crippen LogP contribution in [-0.2, 0) is 31.9 Å². The van der Waals surface area contributed by atoms with Gasteiger partial charge in [-0.15, -0.1) is 0 Å². The summed E-state index contributed by atoms with van der Waals surface area (Å²) in [6.45, 7) is 0. The van der Waals surface area contributed by atoms with Crippen LogP contribution in [0.25, 0.3) is 0 Å². The highest BCUT2D eigenvalue weighted by Crippen LogP contribution is 2.28. The van der Waals surface area contributed by atoms with Crippen molar-refractivity contribution >= 4 is 18.0 Å². The second-order valence-electron chi connectivity index (χ2n) is 6.52. The molecule has 1 aliphatic heterocycles. The minimum Gasteiger partial charge on any atom is -0.468 e. The molecule has 0 radical (unpaired) electrons. The average Bonchev–Trinajstić information content (AvgIpc) is 3.04. The summed E-state index contributed by atoms with van der Waals surface area (Å²) in [6.07, 6.45) is -1.78. The summed E-state index contributed by atoms with van der Waals surface area (Å²) in [6, 6.07) is 7.60. The second-order valence-corrected chi connectivity index (χ2v) is 6.52. The van der Waals surface area contributed by atoms with Gasteiger partial charge in [-0.05, 0) is 29.3 Å². The van der Waals surface area contributed by atoms with Gasteiger partial charge in [0.25, 0.3) is 5.91 Å². The zero-order valence-corrected chi connectivity index (χ0v) is 15.8. The SMILES string of the molecule is COC(=O)C(N)Cc1ccc(Oc2ccc(CC3OC(=O)NC3=O)cc2)c(F)c1F. The van der Waals surface area contributed by atoms with Crippen molar-refractivity contribution in [2.75, 3.05) is 7.11 Å². The number of amides is 2. The monoisotopic (exact) mass is 420 g/mol. The van der Waals surface area contributed by atoms with E-state index in [4.69, 9.17) is 15.2 Å².